The molecule has 2 aliphatic carbocycles. The van der Waals surface area contributed by atoms with Crippen LogP contribution in [0.3, 0.4) is 0 Å². The molecule has 2 saturated carbocycles. The van der Waals surface area contributed by atoms with Crippen molar-refractivity contribution in [2.24, 2.45) is 5.92 Å². The fourth-order valence-corrected chi connectivity index (χ4v) is 4.85. The molecule has 0 aromatic heterocycles. The Morgan fingerprint density at radius 1 is 1.06 bits per heavy atom. The maximum atomic E-state index is 13.4. The van der Waals surface area contributed by atoms with Gasteiger partial charge < -0.3 is 14.5 Å². The van der Waals surface area contributed by atoms with Crippen LogP contribution in [0.4, 0.5) is 10.5 Å². The minimum atomic E-state index is -1.71. The summed E-state index contributed by atoms with van der Waals surface area (Å²) in [6, 6.07) is 8.80. The fraction of sp³-hybridized carbons (Fsp3) is 0.619. The number of hydrogen-bond donors (Lipinski definition) is 0. The van der Waals surface area contributed by atoms with Crippen molar-refractivity contribution in [2.75, 3.05) is 18.6 Å². The first-order chi connectivity index (χ1) is 14.6. The summed E-state index contributed by atoms with van der Waals surface area (Å²) in [5, 5.41) is -0.288. The summed E-state index contributed by atoms with van der Waals surface area (Å²) in [5.41, 5.74) is 0.773. The molecule has 1 aromatic rings. The Morgan fingerprint density at radius 2 is 1.71 bits per heavy atom. The molecular weight excluding hydrogens is 506 g/mol. The van der Waals surface area contributed by atoms with E-state index in [2.05, 4.69) is 0 Å². The van der Waals surface area contributed by atoms with Crippen LogP contribution in [0.25, 0.3) is 0 Å². The third kappa shape index (κ3) is 6.70. The number of likely N-dealkylation sites (N-methyl/N-ethyl adjacent to an activating group) is 1. The molecule has 10 heteroatoms. The molecule has 0 heterocycles. The summed E-state index contributed by atoms with van der Waals surface area (Å²) in [6.45, 7) is -0.375. The van der Waals surface area contributed by atoms with Gasteiger partial charge in [0, 0.05) is 23.5 Å². The number of alkyl halides is 5. The van der Waals surface area contributed by atoms with Gasteiger partial charge in [-0.15, -0.1) is 23.2 Å². The van der Waals surface area contributed by atoms with Crippen LogP contribution in [0.2, 0.25) is 0 Å². The summed E-state index contributed by atoms with van der Waals surface area (Å²) < 4.78 is 3.49. The molecule has 5 atom stereocenters. The van der Waals surface area contributed by atoms with E-state index in [9.17, 15) is 9.59 Å². The lowest BCUT2D eigenvalue weighted by Crippen LogP contribution is -2.55. The van der Waals surface area contributed by atoms with E-state index in [0.717, 1.165) is 18.5 Å². The predicted molar refractivity (Wildman–Crippen MR) is 127 cm³/mol. The second-order valence-corrected chi connectivity index (χ2v) is 11.8. The molecule has 2 fully saturated rings. The Bertz CT molecular complexity index is 776. The fourth-order valence-electron chi connectivity index (χ4n) is 4.04. The lowest BCUT2D eigenvalue weighted by molar-refractivity contribution is -0.120. The number of carbonyl (C=O) groups is 2. The van der Waals surface area contributed by atoms with Gasteiger partial charge in [-0.1, -0.05) is 53.0 Å². The Hall–Kier alpha value is -0.590. The van der Waals surface area contributed by atoms with Gasteiger partial charge in [0.05, 0.1) is 18.0 Å². The van der Waals surface area contributed by atoms with Crippen molar-refractivity contribution in [3.05, 3.63) is 30.3 Å². The SMILES string of the molecule is CN(C(=O)OCC(Cl)(Cl)Cl)C1CC(Cl)CCCC1N(C(=O)[C@@H]1C[C@H]1Cl)c1ccccc1. The molecular formula is C21H25Cl5N2O3. The topological polar surface area (TPSA) is 49.9 Å². The number of benzene rings is 1. The van der Waals surface area contributed by atoms with Crippen LogP contribution in [0, 0.1) is 5.92 Å². The second-order valence-electron chi connectivity index (χ2n) is 8.08. The van der Waals surface area contributed by atoms with Crippen molar-refractivity contribution in [1.82, 2.24) is 4.90 Å². The molecule has 2 aliphatic rings. The average molecular weight is 531 g/mol. The maximum absolute atomic E-state index is 13.4. The number of rotatable bonds is 5. The second kappa shape index (κ2) is 10.6. The molecule has 3 unspecified atom stereocenters. The first-order valence-electron chi connectivity index (χ1n) is 10.2. The number of halogens is 5. The summed E-state index contributed by atoms with van der Waals surface area (Å²) in [7, 11) is 1.63. The van der Waals surface area contributed by atoms with E-state index >= 15 is 0 Å². The van der Waals surface area contributed by atoms with Gasteiger partial charge in [-0.2, -0.15) is 0 Å². The number of nitrogens with zero attached hydrogens (tertiary/aromatic N) is 2. The lowest BCUT2D eigenvalue weighted by atomic mass is 9.98. The highest BCUT2D eigenvalue weighted by atomic mass is 35.6. The Balaban J connectivity index is 1.90. The van der Waals surface area contributed by atoms with Gasteiger partial charge >= 0.3 is 6.09 Å². The largest absolute Gasteiger partial charge is 0.445 e. The highest BCUT2D eigenvalue weighted by Gasteiger charge is 2.48. The quantitative estimate of drug-likeness (QED) is 0.346. The molecule has 5 nitrogen and oxygen atoms in total. The van der Waals surface area contributed by atoms with Crippen molar-refractivity contribution in [3.8, 4) is 0 Å². The number of anilines is 1. The normalized spacial score (nSPS) is 28.4. The van der Waals surface area contributed by atoms with Gasteiger partial charge in [0.1, 0.15) is 6.61 Å². The standard InChI is InChI=1S/C21H25Cl5N2O3/c1-27(20(30)31-12-21(24,25)26)18-10-13(22)6-5-9-17(18)28(14-7-3-2-4-8-14)19(29)15-11-16(15)23/h2-4,7-8,13,15-18H,5-6,9-12H2,1H3/t13?,15-,16-,17?,18?/m1/s1. The highest BCUT2D eigenvalue weighted by molar-refractivity contribution is 6.67. The van der Waals surface area contributed by atoms with Crippen LogP contribution >= 0.6 is 58.0 Å². The number of amides is 2. The first-order valence-corrected chi connectivity index (χ1v) is 12.2. The average Bonchev–Trinajstić information content (AvgIpc) is 3.48. The highest BCUT2D eigenvalue weighted by Crippen LogP contribution is 2.41. The van der Waals surface area contributed by atoms with Crippen LogP contribution < -0.4 is 4.90 Å². The van der Waals surface area contributed by atoms with Crippen molar-refractivity contribution >= 4 is 75.7 Å². The van der Waals surface area contributed by atoms with Gasteiger partial charge in [-0.25, -0.2) is 4.79 Å². The van der Waals surface area contributed by atoms with E-state index in [1.54, 1.807) is 11.9 Å². The monoisotopic (exact) mass is 528 g/mol. The lowest BCUT2D eigenvalue weighted by Gasteiger charge is -2.40. The zero-order valence-electron chi connectivity index (χ0n) is 17.0. The van der Waals surface area contributed by atoms with E-state index in [0.29, 0.717) is 19.3 Å². The van der Waals surface area contributed by atoms with Crippen molar-refractivity contribution in [2.45, 2.75) is 58.7 Å². The molecule has 0 N–H and O–H groups in total. The first kappa shape index (κ1) is 25.0. The van der Waals surface area contributed by atoms with E-state index in [-0.39, 0.29) is 41.3 Å². The minimum Gasteiger partial charge on any atom is -0.445 e. The summed E-state index contributed by atoms with van der Waals surface area (Å²) in [5.74, 6) is -0.253. The van der Waals surface area contributed by atoms with Gasteiger partial charge in [0.2, 0.25) is 9.70 Å². The van der Waals surface area contributed by atoms with E-state index in [1.165, 1.54) is 4.90 Å². The van der Waals surface area contributed by atoms with Crippen molar-refractivity contribution < 1.29 is 14.3 Å². The summed E-state index contributed by atoms with van der Waals surface area (Å²) >= 11 is 29.9. The van der Waals surface area contributed by atoms with Gasteiger partial charge in [-0.3, -0.25) is 4.79 Å². The molecule has 1 aromatic carbocycles. The summed E-state index contributed by atoms with van der Waals surface area (Å²) in [4.78, 5) is 29.4. The van der Waals surface area contributed by atoms with Crippen LogP contribution in [-0.4, -0.2) is 57.2 Å². The summed E-state index contributed by atoms with van der Waals surface area (Å²) in [6.07, 6.45) is 2.85. The van der Waals surface area contributed by atoms with E-state index in [4.69, 9.17) is 62.7 Å². The van der Waals surface area contributed by atoms with Crippen LogP contribution in [0.1, 0.15) is 32.1 Å². The Labute approximate surface area is 207 Å². The van der Waals surface area contributed by atoms with Crippen molar-refractivity contribution in [1.29, 1.82) is 0 Å². The van der Waals surface area contributed by atoms with E-state index < -0.39 is 9.89 Å². The third-order valence-corrected chi connectivity index (χ3v) is 6.94. The molecule has 31 heavy (non-hydrogen) atoms. The molecule has 0 bridgehead atoms. The van der Waals surface area contributed by atoms with Crippen molar-refractivity contribution in [3.63, 3.8) is 0 Å². The van der Waals surface area contributed by atoms with Crippen LogP contribution in [-0.2, 0) is 9.53 Å². The molecule has 2 amide bonds. The number of ether oxygens (including phenoxy) is 1. The molecule has 0 spiro atoms. The van der Waals surface area contributed by atoms with E-state index in [1.807, 2.05) is 30.3 Å². The molecule has 0 saturated heterocycles. The molecule has 0 aliphatic heterocycles. The maximum Gasteiger partial charge on any atom is 0.409 e. The van der Waals surface area contributed by atoms with Crippen LogP contribution in [0.15, 0.2) is 30.3 Å². The molecule has 3 rings (SSSR count). The zero-order chi connectivity index (χ0) is 22.8. The number of para-hydroxylation sites is 1. The Morgan fingerprint density at radius 3 is 2.29 bits per heavy atom. The van der Waals surface area contributed by atoms with Gasteiger partial charge in [-0.05, 0) is 44.2 Å². The zero-order valence-corrected chi connectivity index (χ0v) is 20.8. The Kier molecular flexibility index (Phi) is 8.53. The van der Waals surface area contributed by atoms with Gasteiger partial charge in [0.15, 0.2) is 0 Å². The number of hydrogen-bond acceptors (Lipinski definition) is 3. The molecule has 172 valence electrons. The minimum absolute atomic E-state index is 0.0303. The predicted octanol–water partition coefficient (Wildman–Crippen LogP) is 6.00. The van der Waals surface area contributed by atoms with Crippen LogP contribution in [0.5, 0.6) is 0 Å². The smallest absolute Gasteiger partial charge is 0.409 e. The molecule has 0 radical (unpaired) electrons. The van der Waals surface area contributed by atoms with Gasteiger partial charge in [0.25, 0.3) is 0 Å². The number of carbonyl (C=O) groups excluding carboxylic acids is 2. The third-order valence-electron chi connectivity index (χ3n) is 5.74.